The summed E-state index contributed by atoms with van der Waals surface area (Å²) in [4.78, 5) is 13.3. The summed E-state index contributed by atoms with van der Waals surface area (Å²) in [5.41, 5.74) is 3.09. The van der Waals surface area contributed by atoms with Gasteiger partial charge in [0.1, 0.15) is 6.54 Å². The van der Waals surface area contributed by atoms with Gasteiger partial charge in [0.15, 0.2) is 0 Å². The first-order valence-electron chi connectivity index (χ1n) is 7.47. The number of carbonyl (C=O) groups excluding carboxylic acids is 1. The molecule has 0 aliphatic rings. The zero-order valence-electron chi connectivity index (χ0n) is 13.1. The first kappa shape index (κ1) is 16.3. The molecule has 0 aliphatic carbocycles. The highest BCUT2D eigenvalue weighted by molar-refractivity contribution is 9.10. The molecule has 24 heavy (non-hydrogen) atoms. The van der Waals surface area contributed by atoms with Gasteiger partial charge in [-0.3, -0.25) is 4.79 Å². The van der Waals surface area contributed by atoms with Crippen LogP contribution in [-0.4, -0.2) is 26.1 Å². The van der Waals surface area contributed by atoms with Crippen molar-refractivity contribution in [3.05, 3.63) is 64.1 Å². The Hall–Kier alpha value is -2.54. The summed E-state index contributed by atoms with van der Waals surface area (Å²) in [6.07, 6.45) is 0. The van der Waals surface area contributed by atoms with Crippen LogP contribution in [0.1, 0.15) is 11.1 Å². The average molecular weight is 386 g/mol. The summed E-state index contributed by atoms with van der Waals surface area (Å²) in [6, 6.07) is 15.5. The fourth-order valence-electron chi connectivity index (χ4n) is 2.21. The van der Waals surface area contributed by atoms with Crippen LogP contribution in [0.5, 0.6) is 0 Å². The van der Waals surface area contributed by atoms with Gasteiger partial charge in [-0.2, -0.15) is 4.80 Å². The second-order valence-corrected chi connectivity index (χ2v) is 6.27. The Kier molecular flexibility index (Phi) is 5.00. The fourth-order valence-corrected chi connectivity index (χ4v) is 2.48. The number of aromatic nitrogens is 4. The Morgan fingerprint density at radius 3 is 2.67 bits per heavy atom. The largest absolute Gasteiger partial charge is 0.350 e. The number of nitrogens with one attached hydrogen (secondary N) is 1. The molecule has 6 nitrogen and oxygen atoms in total. The molecule has 3 aromatic rings. The number of halogens is 1. The molecule has 0 unspecified atom stereocenters. The van der Waals surface area contributed by atoms with Gasteiger partial charge in [-0.25, -0.2) is 0 Å². The number of hydrogen-bond donors (Lipinski definition) is 1. The van der Waals surface area contributed by atoms with E-state index in [0.717, 1.165) is 21.2 Å². The smallest absolute Gasteiger partial charge is 0.243 e. The molecule has 0 bridgehead atoms. The lowest BCUT2D eigenvalue weighted by Crippen LogP contribution is -2.28. The van der Waals surface area contributed by atoms with Crippen molar-refractivity contribution in [1.29, 1.82) is 0 Å². The van der Waals surface area contributed by atoms with E-state index in [0.29, 0.717) is 12.4 Å². The van der Waals surface area contributed by atoms with E-state index >= 15 is 0 Å². The predicted molar refractivity (Wildman–Crippen MR) is 94.0 cm³/mol. The number of tetrazole rings is 1. The lowest BCUT2D eigenvalue weighted by Gasteiger charge is -2.07. The number of rotatable bonds is 5. The maximum atomic E-state index is 12.0. The van der Waals surface area contributed by atoms with Crippen LogP contribution in [0, 0.1) is 6.92 Å². The van der Waals surface area contributed by atoms with Gasteiger partial charge in [-0.15, -0.1) is 10.2 Å². The molecule has 1 amide bonds. The summed E-state index contributed by atoms with van der Waals surface area (Å²) in [6.45, 7) is 2.54. The second kappa shape index (κ2) is 7.35. The van der Waals surface area contributed by atoms with Crippen molar-refractivity contribution in [2.45, 2.75) is 20.0 Å². The minimum absolute atomic E-state index is 0.0371. The predicted octanol–water partition coefficient (Wildman–Crippen LogP) is 2.73. The van der Waals surface area contributed by atoms with Crippen LogP contribution in [0.4, 0.5) is 0 Å². The zero-order valence-corrected chi connectivity index (χ0v) is 14.7. The average Bonchev–Trinajstić information content (AvgIpc) is 3.03. The molecule has 0 atom stereocenters. The minimum Gasteiger partial charge on any atom is -0.350 e. The highest BCUT2D eigenvalue weighted by Crippen LogP contribution is 2.17. The third-order valence-electron chi connectivity index (χ3n) is 3.58. The van der Waals surface area contributed by atoms with Gasteiger partial charge in [0.05, 0.1) is 0 Å². The Morgan fingerprint density at radius 1 is 1.17 bits per heavy atom. The van der Waals surface area contributed by atoms with Gasteiger partial charge in [-0.05, 0) is 47.5 Å². The molecule has 1 N–H and O–H groups in total. The highest BCUT2D eigenvalue weighted by Gasteiger charge is 2.09. The molecule has 3 rings (SSSR count). The van der Waals surface area contributed by atoms with Gasteiger partial charge in [0.2, 0.25) is 11.7 Å². The van der Waals surface area contributed by atoms with E-state index in [9.17, 15) is 4.79 Å². The number of carbonyl (C=O) groups is 1. The van der Waals surface area contributed by atoms with Crippen LogP contribution in [0.3, 0.4) is 0 Å². The van der Waals surface area contributed by atoms with Crippen molar-refractivity contribution in [3.63, 3.8) is 0 Å². The highest BCUT2D eigenvalue weighted by atomic mass is 79.9. The Morgan fingerprint density at radius 2 is 1.92 bits per heavy atom. The quantitative estimate of drug-likeness (QED) is 0.732. The molecule has 0 radical (unpaired) electrons. The maximum Gasteiger partial charge on any atom is 0.243 e. The van der Waals surface area contributed by atoms with Crippen LogP contribution in [0.15, 0.2) is 53.0 Å². The third-order valence-corrected chi connectivity index (χ3v) is 4.11. The molecule has 1 heterocycles. The fraction of sp³-hybridized carbons (Fsp3) is 0.176. The van der Waals surface area contributed by atoms with Crippen molar-refractivity contribution in [2.24, 2.45) is 0 Å². The van der Waals surface area contributed by atoms with E-state index in [2.05, 4.69) is 36.7 Å². The third kappa shape index (κ3) is 4.05. The van der Waals surface area contributed by atoms with Gasteiger partial charge < -0.3 is 5.32 Å². The molecular formula is C17H16BrN5O. The molecule has 0 fully saturated rings. The number of amides is 1. The summed E-state index contributed by atoms with van der Waals surface area (Å²) in [7, 11) is 0. The zero-order chi connectivity index (χ0) is 16.9. The molecule has 2 aromatic carbocycles. The molecule has 7 heteroatoms. The lowest BCUT2D eigenvalue weighted by atomic mass is 10.1. The van der Waals surface area contributed by atoms with E-state index in [1.54, 1.807) is 0 Å². The number of nitrogens with zero attached hydrogens (tertiary/aromatic N) is 4. The SMILES string of the molecule is Cc1ccccc1CNC(=O)Cn1nnc(-c2ccc(Br)cc2)n1. The van der Waals surface area contributed by atoms with E-state index in [1.165, 1.54) is 4.80 Å². The Balaban J connectivity index is 1.59. The van der Waals surface area contributed by atoms with E-state index in [4.69, 9.17) is 0 Å². The Bertz CT molecular complexity index is 844. The molecule has 0 saturated carbocycles. The van der Waals surface area contributed by atoms with Crippen LogP contribution in [0.2, 0.25) is 0 Å². The van der Waals surface area contributed by atoms with Crippen molar-refractivity contribution >= 4 is 21.8 Å². The molecule has 0 saturated heterocycles. The first-order valence-corrected chi connectivity index (χ1v) is 8.26. The summed E-state index contributed by atoms with van der Waals surface area (Å²) < 4.78 is 0.981. The van der Waals surface area contributed by atoms with Gasteiger partial charge in [0.25, 0.3) is 0 Å². The van der Waals surface area contributed by atoms with E-state index < -0.39 is 0 Å². The number of aryl methyl sites for hydroxylation is 1. The van der Waals surface area contributed by atoms with E-state index in [-0.39, 0.29) is 12.5 Å². The molecule has 1 aromatic heterocycles. The second-order valence-electron chi connectivity index (χ2n) is 5.35. The molecule has 122 valence electrons. The van der Waals surface area contributed by atoms with Gasteiger partial charge in [-0.1, -0.05) is 40.2 Å². The summed E-state index contributed by atoms with van der Waals surface area (Å²) in [5, 5.41) is 15.0. The topological polar surface area (TPSA) is 72.7 Å². The van der Waals surface area contributed by atoms with Crippen molar-refractivity contribution in [1.82, 2.24) is 25.5 Å². The van der Waals surface area contributed by atoms with Crippen LogP contribution >= 0.6 is 15.9 Å². The van der Waals surface area contributed by atoms with E-state index in [1.807, 2.05) is 55.5 Å². The first-order chi connectivity index (χ1) is 11.6. The minimum atomic E-state index is -0.155. The molecular weight excluding hydrogens is 370 g/mol. The number of hydrogen-bond acceptors (Lipinski definition) is 4. The van der Waals surface area contributed by atoms with Crippen molar-refractivity contribution < 1.29 is 4.79 Å². The lowest BCUT2D eigenvalue weighted by molar-refractivity contribution is -0.122. The van der Waals surface area contributed by atoms with Gasteiger partial charge in [0, 0.05) is 16.6 Å². The molecule has 0 spiro atoms. The van der Waals surface area contributed by atoms with Gasteiger partial charge >= 0.3 is 0 Å². The van der Waals surface area contributed by atoms with Crippen molar-refractivity contribution in [3.8, 4) is 11.4 Å². The summed E-state index contributed by atoms with van der Waals surface area (Å²) >= 11 is 3.38. The standard InChI is InChI=1S/C17H16BrN5O/c1-12-4-2-3-5-14(12)10-19-16(24)11-23-21-17(20-22-23)13-6-8-15(18)9-7-13/h2-9H,10-11H2,1H3,(H,19,24). The monoisotopic (exact) mass is 385 g/mol. The van der Waals surface area contributed by atoms with Crippen LogP contribution < -0.4 is 5.32 Å². The van der Waals surface area contributed by atoms with Crippen molar-refractivity contribution in [2.75, 3.05) is 0 Å². The Labute approximate surface area is 148 Å². The normalized spacial score (nSPS) is 10.6. The number of benzene rings is 2. The molecule has 0 aliphatic heterocycles. The van der Waals surface area contributed by atoms with Crippen LogP contribution in [0.25, 0.3) is 11.4 Å². The summed E-state index contributed by atoms with van der Waals surface area (Å²) in [5.74, 6) is 0.340. The maximum absolute atomic E-state index is 12.0. The van der Waals surface area contributed by atoms with Crippen LogP contribution in [-0.2, 0) is 17.9 Å².